The van der Waals surface area contributed by atoms with E-state index in [0.29, 0.717) is 0 Å². The maximum Gasteiger partial charge on any atom is 0.341 e. The molecule has 2 aromatic carbocycles. The van der Waals surface area contributed by atoms with Gasteiger partial charge in [-0.25, -0.2) is 4.79 Å². The van der Waals surface area contributed by atoms with Gasteiger partial charge in [0.25, 0.3) is 0 Å². The molecule has 140 valence electrons. The van der Waals surface area contributed by atoms with Crippen molar-refractivity contribution in [3.8, 4) is 0 Å². The molecule has 0 bridgehead atoms. The highest BCUT2D eigenvalue weighted by molar-refractivity contribution is 5.85. The Balaban J connectivity index is 1.98. The maximum absolute atomic E-state index is 12.6. The zero-order chi connectivity index (χ0) is 18.9. The van der Waals surface area contributed by atoms with E-state index in [-0.39, 0.29) is 17.0 Å². The topological polar surface area (TPSA) is 38.8 Å². The van der Waals surface area contributed by atoms with Crippen LogP contribution in [-0.2, 0) is 14.4 Å². The van der Waals surface area contributed by atoms with E-state index in [4.69, 9.17) is 9.57 Å². The molecule has 1 fully saturated rings. The molecule has 0 aromatic heterocycles. The SMILES string of the molecule is COC(=O)C(ON1C(C)(C)CCCC1(C)C)c1ccc2ccccc2c1. The van der Waals surface area contributed by atoms with Crippen molar-refractivity contribution in [3.05, 3.63) is 48.0 Å². The third-order valence-corrected chi connectivity index (χ3v) is 5.38. The lowest BCUT2D eigenvalue weighted by Crippen LogP contribution is -2.58. The first-order valence-corrected chi connectivity index (χ1v) is 9.28. The number of piperidine rings is 1. The van der Waals surface area contributed by atoms with Crippen molar-refractivity contribution in [2.24, 2.45) is 0 Å². The summed E-state index contributed by atoms with van der Waals surface area (Å²) in [6, 6.07) is 14.1. The summed E-state index contributed by atoms with van der Waals surface area (Å²) in [5.74, 6) is -0.377. The van der Waals surface area contributed by atoms with Gasteiger partial charge in [0, 0.05) is 11.1 Å². The summed E-state index contributed by atoms with van der Waals surface area (Å²) in [4.78, 5) is 18.9. The minimum atomic E-state index is -0.777. The molecule has 1 aliphatic rings. The van der Waals surface area contributed by atoms with E-state index < -0.39 is 6.10 Å². The Morgan fingerprint density at radius 3 is 2.23 bits per heavy atom. The molecular formula is C22H29NO3. The fourth-order valence-electron chi connectivity index (χ4n) is 4.08. The Kier molecular flexibility index (Phi) is 5.09. The third kappa shape index (κ3) is 3.62. The second-order valence-corrected chi connectivity index (χ2v) is 8.39. The minimum Gasteiger partial charge on any atom is -0.467 e. The van der Waals surface area contributed by atoms with E-state index in [9.17, 15) is 4.79 Å². The fraction of sp³-hybridized carbons (Fsp3) is 0.500. The molecule has 4 nitrogen and oxygen atoms in total. The number of hydrogen-bond donors (Lipinski definition) is 0. The van der Waals surface area contributed by atoms with Gasteiger partial charge in [-0.15, -0.1) is 0 Å². The first kappa shape index (κ1) is 18.9. The average Bonchev–Trinajstić information content (AvgIpc) is 2.59. The summed E-state index contributed by atoms with van der Waals surface area (Å²) < 4.78 is 5.07. The number of rotatable bonds is 4. The van der Waals surface area contributed by atoms with E-state index in [1.54, 1.807) is 0 Å². The van der Waals surface area contributed by atoms with Crippen LogP contribution in [0.25, 0.3) is 10.8 Å². The van der Waals surface area contributed by atoms with Gasteiger partial charge in [-0.2, -0.15) is 5.06 Å². The van der Waals surface area contributed by atoms with Crippen LogP contribution in [0.1, 0.15) is 58.6 Å². The van der Waals surface area contributed by atoms with Crippen molar-refractivity contribution in [2.45, 2.75) is 64.1 Å². The zero-order valence-electron chi connectivity index (χ0n) is 16.4. The molecule has 4 heteroatoms. The van der Waals surface area contributed by atoms with Gasteiger partial charge in [-0.05, 0) is 69.4 Å². The minimum absolute atomic E-state index is 0.148. The highest BCUT2D eigenvalue weighted by Crippen LogP contribution is 2.40. The van der Waals surface area contributed by atoms with E-state index >= 15 is 0 Å². The van der Waals surface area contributed by atoms with Crippen LogP contribution in [-0.4, -0.2) is 29.2 Å². The van der Waals surface area contributed by atoms with Crippen molar-refractivity contribution in [1.82, 2.24) is 5.06 Å². The number of esters is 1. The summed E-state index contributed by atoms with van der Waals surface area (Å²) in [6.45, 7) is 8.68. The van der Waals surface area contributed by atoms with Gasteiger partial charge >= 0.3 is 5.97 Å². The molecule has 1 aliphatic heterocycles. The molecule has 0 amide bonds. The average molecular weight is 355 g/mol. The number of hydrogen-bond acceptors (Lipinski definition) is 4. The van der Waals surface area contributed by atoms with Crippen molar-refractivity contribution in [2.75, 3.05) is 7.11 Å². The van der Waals surface area contributed by atoms with Gasteiger partial charge in [0.2, 0.25) is 6.10 Å². The number of ether oxygens (including phenoxy) is 1. The Hall–Kier alpha value is -1.91. The molecule has 0 N–H and O–H groups in total. The Bertz CT molecular complexity index is 781. The van der Waals surface area contributed by atoms with Crippen LogP contribution in [0.2, 0.25) is 0 Å². The number of benzene rings is 2. The van der Waals surface area contributed by atoms with E-state index in [0.717, 1.165) is 35.6 Å². The lowest BCUT2D eigenvalue weighted by molar-refractivity contribution is -0.304. The van der Waals surface area contributed by atoms with Crippen LogP contribution >= 0.6 is 0 Å². The monoisotopic (exact) mass is 355 g/mol. The second-order valence-electron chi connectivity index (χ2n) is 8.39. The van der Waals surface area contributed by atoms with Gasteiger partial charge in [-0.1, -0.05) is 36.4 Å². The van der Waals surface area contributed by atoms with Crippen LogP contribution in [0.4, 0.5) is 0 Å². The number of hydroxylamine groups is 2. The number of carbonyl (C=O) groups is 1. The molecule has 26 heavy (non-hydrogen) atoms. The van der Waals surface area contributed by atoms with E-state index in [1.165, 1.54) is 7.11 Å². The number of carbonyl (C=O) groups excluding carboxylic acids is 1. The van der Waals surface area contributed by atoms with E-state index in [2.05, 4.69) is 33.8 Å². The van der Waals surface area contributed by atoms with Crippen LogP contribution in [0.3, 0.4) is 0 Å². The molecular weight excluding hydrogens is 326 g/mol. The first-order chi connectivity index (χ1) is 12.2. The lowest BCUT2D eigenvalue weighted by Gasteiger charge is -2.52. The molecule has 1 saturated heterocycles. The van der Waals surface area contributed by atoms with Crippen LogP contribution in [0.15, 0.2) is 42.5 Å². The van der Waals surface area contributed by atoms with Crippen LogP contribution in [0, 0.1) is 0 Å². The Morgan fingerprint density at radius 1 is 1.00 bits per heavy atom. The molecule has 0 saturated carbocycles. The molecule has 0 aliphatic carbocycles. The molecule has 1 heterocycles. The molecule has 3 rings (SSSR count). The quantitative estimate of drug-likeness (QED) is 0.721. The third-order valence-electron chi connectivity index (χ3n) is 5.38. The van der Waals surface area contributed by atoms with Gasteiger partial charge in [0.1, 0.15) is 0 Å². The lowest BCUT2D eigenvalue weighted by atomic mass is 9.82. The Labute approximate surface area is 156 Å². The van der Waals surface area contributed by atoms with Gasteiger partial charge in [0.15, 0.2) is 0 Å². The second kappa shape index (κ2) is 7.01. The predicted octanol–water partition coefficient (Wildman–Crippen LogP) is 5.03. The number of nitrogens with zero attached hydrogens (tertiary/aromatic N) is 1. The highest BCUT2D eigenvalue weighted by atomic mass is 16.7. The van der Waals surface area contributed by atoms with E-state index in [1.807, 2.05) is 41.5 Å². The summed E-state index contributed by atoms with van der Waals surface area (Å²) >= 11 is 0. The van der Waals surface area contributed by atoms with Crippen LogP contribution < -0.4 is 0 Å². The van der Waals surface area contributed by atoms with Crippen molar-refractivity contribution < 1.29 is 14.4 Å². The fourth-order valence-corrected chi connectivity index (χ4v) is 4.08. The maximum atomic E-state index is 12.6. The highest BCUT2D eigenvalue weighted by Gasteiger charge is 2.45. The first-order valence-electron chi connectivity index (χ1n) is 9.28. The molecule has 2 aromatic rings. The Morgan fingerprint density at radius 2 is 1.62 bits per heavy atom. The van der Waals surface area contributed by atoms with Gasteiger partial charge in [-0.3, -0.25) is 4.84 Å². The predicted molar refractivity (Wildman–Crippen MR) is 104 cm³/mol. The normalized spacial score (nSPS) is 20.7. The zero-order valence-corrected chi connectivity index (χ0v) is 16.4. The standard InChI is InChI=1S/C22H29NO3/c1-21(2)13-8-14-22(3,4)23(21)26-19(20(24)25-5)18-12-11-16-9-6-7-10-17(16)15-18/h6-7,9-12,15,19H,8,13-14H2,1-5H3. The van der Waals surface area contributed by atoms with Gasteiger partial charge in [0.05, 0.1) is 7.11 Å². The summed E-state index contributed by atoms with van der Waals surface area (Å²) in [7, 11) is 1.41. The molecule has 1 unspecified atom stereocenters. The largest absolute Gasteiger partial charge is 0.467 e. The molecule has 0 radical (unpaired) electrons. The summed E-state index contributed by atoms with van der Waals surface area (Å²) in [5, 5.41) is 4.23. The van der Waals surface area contributed by atoms with Crippen molar-refractivity contribution >= 4 is 16.7 Å². The summed E-state index contributed by atoms with van der Waals surface area (Å²) in [6.07, 6.45) is 2.43. The number of fused-ring (bicyclic) bond motifs is 1. The number of methoxy groups -OCH3 is 1. The van der Waals surface area contributed by atoms with Gasteiger partial charge < -0.3 is 4.74 Å². The van der Waals surface area contributed by atoms with Crippen LogP contribution in [0.5, 0.6) is 0 Å². The molecule has 0 spiro atoms. The van der Waals surface area contributed by atoms with Crippen molar-refractivity contribution in [1.29, 1.82) is 0 Å². The van der Waals surface area contributed by atoms with Crippen molar-refractivity contribution in [3.63, 3.8) is 0 Å². The smallest absolute Gasteiger partial charge is 0.341 e. The summed E-state index contributed by atoms with van der Waals surface area (Å²) in [5.41, 5.74) is 0.517. The molecule has 1 atom stereocenters.